The van der Waals surface area contributed by atoms with E-state index in [-0.39, 0.29) is 18.2 Å². The van der Waals surface area contributed by atoms with Crippen molar-refractivity contribution >= 4 is 34.1 Å². The predicted molar refractivity (Wildman–Crippen MR) is 108 cm³/mol. The van der Waals surface area contributed by atoms with Gasteiger partial charge in [-0.25, -0.2) is 19.6 Å². The fourth-order valence-corrected chi connectivity index (χ4v) is 3.86. The first kappa shape index (κ1) is 19.0. The number of carbonyl (C=O) groups is 2. The topological polar surface area (TPSA) is 132 Å². The summed E-state index contributed by atoms with van der Waals surface area (Å²) in [6.07, 6.45) is 1.57. The van der Waals surface area contributed by atoms with Crippen LogP contribution in [0.15, 0.2) is 23.8 Å². The smallest absolute Gasteiger partial charge is 0.232 e. The van der Waals surface area contributed by atoms with Crippen molar-refractivity contribution in [3.8, 4) is 5.82 Å². The van der Waals surface area contributed by atoms with E-state index >= 15 is 0 Å². The fraction of sp³-hybridized carbons (Fsp3) is 0.333. The zero-order valence-electron chi connectivity index (χ0n) is 16.0. The lowest BCUT2D eigenvalue weighted by Crippen LogP contribution is -2.52. The Labute approximate surface area is 170 Å². The van der Waals surface area contributed by atoms with Crippen LogP contribution in [-0.2, 0) is 16.0 Å². The van der Waals surface area contributed by atoms with E-state index in [2.05, 4.69) is 25.4 Å². The third-order valence-corrected chi connectivity index (χ3v) is 5.38. The van der Waals surface area contributed by atoms with Crippen LogP contribution in [0.25, 0.3) is 5.82 Å². The van der Waals surface area contributed by atoms with Crippen LogP contribution in [0.5, 0.6) is 0 Å². The molecule has 2 amide bonds. The summed E-state index contributed by atoms with van der Waals surface area (Å²) in [7, 11) is 0. The second kappa shape index (κ2) is 7.59. The molecule has 3 aromatic heterocycles. The highest BCUT2D eigenvalue weighted by molar-refractivity contribution is 7.13. The summed E-state index contributed by atoms with van der Waals surface area (Å²) in [6, 6.07) is 3.85. The van der Waals surface area contributed by atoms with Gasteiger partial charge in [-0.15, -0.1) is 11.3 Å². The van der Waals surface area contributed by atoms with Crippen LogP contribution in [0.4, 0.5) is 10.9 Å². The third kappa shape index (κ3) is 4.09. The van der Waals surface area contributed by atoms with Gasteiger partial charge in [-0.2, -0.15) is 5.10 Å². The standard InChI is InChI=1S/C18H20N8O2S/c1-10-3-11(2)26(24-10)16-5-15(20-9-21-16)25-6-12(7-25)17(28)23-18-22-13(8-29-18)4-14(19)27/h3,5,8-9,12H,4,6-7H2,1-2H3,(H2,19,27)(H,22,23,28). The van der Waals surface area contributed by atoms with E-state index in [1.165, 1.54) is 17.7 Å². The van der Waals surface area contributed by atoms with Gasteiger partial charge in [0.15, 0.2) is 10.9 Å². The third-order valence-electron chi connectivity index (χ3n) is 4.58. The number of nitrogens with one attached hydrogen (secondary N) is 1. The lowest BCUT2D eigenvalue weighted by atomic mass is 9.99. The number of primary amides is 1. The van der Waals surface area contributed by atoms with Crippen molar-refractivity contribution in [3.05, 3.63) is 40.9 Å². The van der Waals surface area contributed by atoms with Crippen molar-refractivity contribution in [1.29, 1.82) is 0 Å². The molecule has 0 saturated carbocycles. The largest absolute Gasteiger partial charge is 0.369 e. The monoisotopic (exact) mass is 412 g/mol. The van der Waals surface area contributed by atoms with Crippen molar-refractivity contribution in [2.75, 3.05) is 23.3 Å². The Morgan fingerprint density at radius 3 is 2.69 bits per heavy atom. The highest BCUT2D eigenvalue weighted by Crippen LogP contribution is 2.26. The summed E-state index contributed by atoms with van der Waals surface area (Å²) in [5.41, 5.74) is 7.63. The number of aryl methyl sites for hydroxylation is 2. The van der Waals surface area contributed by atoms with Gasteiger partial charge in [-0.05, 0) is 19.9 Å². The van der Waals surface area contributed by atoms with Crippen LogP contribution >= 0.6 is 11.3 Å². The molecule has 0 unspecified atom stereocenters. The number of aromatic nitrogens is 5. The molecule has 29 heavy (non-hydrogen) atoms. The molecule has 10 nitrogen and oxygen atoms in total. The molecule has 150 valence electrons. The lowest BCUT2D eigenvalue weighted by Gasteiger charge is -2.38. The quantitative estimate of drug-likeness (QED) is 0.613. The van der Waals surface area contributed by atoms with Crippen LogP contribution in [0, 0.1) is 19.8 Å². The van der Waals surface area contributed by atoms with Crippen molar-refractivity contribution in [2.24, 2.45) is 11.7 Å². The number of anilines is 2. The highest BCUT2D eigenvalue weighted by Gasteiger charge is 2.34. The van der Waals surface area contributed by atoms with Gasteiger partial charge in [0.1, 0.15) is 12.1 Å². The van der Waals surface area contributed by atoms with Gasteiger partial charge in [0.25, 0.3) is 0 Å². The maximum Gasteiger partial charge on any atom is 0.232 e. The summed E-state index contributed by atoms with van der Waals surface area (Å²) < 4.78 is 1.77. The number of hydrogen-bond acceptors (Lipinski definition) is 8. The van der Waals surface area contributed by atoms with Crippen LogP contribution < -0.4 is 16.0 Å². The molecule has 0 bridgehead atoms. The highest BCUT2D eigenvalue weighted by atomic mass is 32.1. The number of carbonyl (C=O) groups excluding carboxylic acids is 2. The van der Waals surface area contributed by atoms with Gasteiger partial charge in [-0.1, -0.05) is 0 Å². The molecule has 0 aromatic carbocycles. The predicted octanol–water partition coefficient (Wildman–Crippen LogP) is 0.838. The summed E-state index contributed by atoms with van der Waals surface area (Å²) in [6.45, 7) is 5.01. The molecule has 11 heteroatoms. The first-order chi connectivity index (χ1) is 13.9. The summed E-state index contributed by atoms with van der Waals surface area (Å²) in [5, 5.41) is 9.43. The molecule has 3 aromatic rings. The molecular weight excluding hydrogens is 392 g/mol. The second-order valence-electron chi connectivity index (χ2n) is 6.95. The summed E-state index contributed by atoms with van der Waals surface area (Å²) >= 11 is 1.28. The number of amides is 2. The Kier molecular flexibility index (Phi) is 4.97. The lowest BCUT2D eigenvalue weighted by molar-refractivity contribution is -0.120. The van der Waals surface area contributed by atoms with E-state index in [4.69, 9.17) is 5.73 Å². The molecule has 1 saturated heterocycles. The number of thiazole rings is 1. The number of rotatable bonds is 6. The van der Waals surface area contributed by atoms with Crippen molar-refractivity contribution in [3.63, 3.8) is 0 Å². The number of nitrogens with zero attached hydrogens (tertiary/aromatic N) is 6. The Hall–Kier alpha value is -3.34. The van der Waals surface area contributed by atoms with Crippen LogP contribution in [0.1, 0.15) is 17.1 Å². The van der Waals surface area contributed by atoms with E-state index < -0.39 is 5.91 Å². The number of hydrogen-bond donors (Lipinski definition) is 2. The van der Waals surface area contributed by atoms with Crippen LogP contribution in [0.2, 0.25) is 0 Å². The Morgan fingerprint density at radius 2 is 2.00 bits per heavy atom. The summed E-state index contributed by atoms with van der Waals surface area (Å²) in [4.78, 5) is 38.2. The SMILES string of the molecule is Cc1cc(C)n(-c2cc(N3CC(C(=O)Nc4nc(CC(N)=O)cs4)C3)ncn2)n1. The molecule has 0 radical (unpaired) electrons. The average Bonchev–Trinajstić information content (AvgIpc) is 3.18. The van der Waals surface area contributed by atoms with Crippen molar-refractivity contribution < 1.29 is 9.59 Å². The molecule has 1 fully saturated rings. The van der Waals surface area contributed by atoms with E-state index in [1.807, 2.05) is 30.9 Å². The first-order valence-electron chi connectivity index (χ1n) is 9.03. The van der Waals surface area contributed by atoms with Gasteiger partial charge >= 0.3 is 0 Å². The fourth-order valence-electron chi connectivity index (χ4n) is 3.15. The molecular formula is C18H20N8O2S. The Bertz CT molecular complexity index is 1070. The average molecular weight is 412 g/mol. The molecule has 1 aliphatic heterocycles. The minimum atomic E-state index is -0.451. The molecule has 3 N–H and O–H groups in total. The first-order valence-corrected chi connectivity index (χ1v) is 9.91. The van der Waals surface area contributed by atoms with Gasteiger partial charge < -0.3 is 16.0 Å². The van der Waals surface area contributed by atoms with E-state index in [9.17, 15) is 9.59 Å². The summed E-state index contributed by atoms with van der Waals surface area (Å²) in [5.74, 6) is 0.731. The van der Waals surface area contributed by atoms with E-state index in [1.54, 1.807) is 10.1 Å². The zero-order valence-corrected chi connectivity index (χ0v) is 16.8. The molecule has 1 aliphatic rings. The maximum absolute atomic E-state index is 12.4. The Morgan fingerprint density at radius 1 is 1.24 bits per heavy atom. The normalized spacial score (nSPS) is 13.9. The Balaban J connectivity index is 1.36. The van der Waals surface area contributed by atoms with Crippen LogP contribution in [0.3, 0.4) is 0 Å². The van der Waals surface area contributed by atoms with Gasteiger partial charge in [0.2, 0.25) is 11.8 Å². The minimum absolute atomic E-state index is 0.0644. The van der Waals surface area contributed by atoms with Crippen LogP contribution in [-0.4, -0.2) is 49.6 Å². The van der Waals surface area contributed by atoms with E-state index in [0.717, 1.165) is 17.2 Å². The number of nitrogens with two attached hydrogens (primary N) is 1. The zero-order chi connectivity index (χ0) is 20.5. The van der Waals surface area contributed by atoms with Gasteiger partial charge in [-0.3, -0.25) is 9.59 Å². The molecule has 4 rings (SSSR count). The molecule has 0 aliphatic carbocycles. The molecule has 4 heterocycles. The van der Waals surface area contributed by atoms with Gasteiger partial charge in [0.05, 0.1) is 23.7 Å². The molecule has 0 spiro atoms. The van der Waals surface area contributed by atoms with Crippen molar-refractivity contribution in [2.45, 2.75) is 20.3 Å². The van der Waals surface area contributed by atoms with Gasteiger partial charge in [0, 0.05) is 30.2 Å². The second-order valence-corrected chi connectivity index (χ2v) is 7.81. The molecule has 0 atom stereocenters. The minimum Gasteiger partial charge on any atom is -0.369 e. The maximum atomic E-state index is 12.4. The van der Waals surface area contributed by atoms with Crippen molar-refractivity contribution in [1.82, 2.24) is 24.7 Å². The van der Waals surface area contributed by atoms with E-state index in [0.29, 0.717) is 29.7 Å².